The number of nitrogens with one attached hydrogen (secondary N) is 2. The van der Waals surface area contributed by atoms with Crippen molar-refractivity contribution in [3.63, 3.8) is 0 Å². The molecule has 4 heteroatoms. The van der Waals surface area contributed by atoms with Gasteiger partial charge in [-0.15, -0.1) is 0 Å². The van der Waals surface area contributed by atoms with E-state index in [0.29, 0.717) is 0 Å². The highest BCUT2D eigenvalue weighted by molar-refractivity contribution is 6.76. The van der Waals surface area contributed by atoms with Crippen molar-refractivity contribution in [3.8, 4) is 0 Å². The van der Waals surface area contributed by atoms with Gasteiger partial charge in [0.2, 0.25) is 0 Å². The molecule has 0 aliphatic carbocycles. The van der Waals surface area contributed by atoms with Crippen LogP contribution in [0.1, 0.15) is 44.5 Å². The first kappa shape index (κ1) is 31.3. The molecule has 2 N–H and O–H groups in total. The predicted molar refractivity (Wildman–Crippen MR) is 193 cm³/mol. The SMILES string of the molecule is C[Si](C)(Cc1ccc(/C=C\c2cc[nH+]cc2)cc1)Cc1cccc(C[Si](C)(C)Cc2ccc(/C=C\c3cc[nH+]cc3)cc2)c1. The molecule has 3 aromatic carbocycles. The molecule has 0 amide bonds. The topological polar surface area (TPSA) is 28.3 Å². The van der Waals surface area contributed by atoms with Crippen LogP contribution < -0.4 is 9.97 Å². The second-order valence-corrected chi connectivity index (χ2v) is 23.7. The van der Waals surface area contributed by atoms with Crippen molar-refractivity contribution in [1.29, 1.82) is 0 Å². The van der Waals surface area contributed by atoms with Gasteiger partial charge in [-0.05, 0) is 46.4 Å². The highest BCUT2D eigenvalue weighted by atomic mass is 28.3. The monoisotopic (exact) mass is 610 g/mol. The number of rotatable bonds is 12. The fourth-order valence-electron chi connectivity index (χ4n) is 6.08. The van der Waals surface area contributed by atoms with E-state index in [1.54, 1.807) is 0 Å². The lowest BCUT2D eigenvalue weighted by Crippen LogP contribution is -2.34. The minimum Gasteiger partial charge on any atom is -0.218 e. The maximum absolute atomic E-state index is 3.08. The zero-order chi connectivity index (χ0) is 30.8. The maximum Gasteiger partial charge on any atom is 0.167 e. The summed E-state index contributed by atoms with van der Waals surface area (Å²) in [6.07, 6.45) is 16.5. The number of benzene rings is 3. The van der Waals surface area contributed by atoms with E-state index in [0.717, 1.165) is 0 Å². The molecule has 5 aromatic rings. The minimum absolute atomic E-state index is 1.20. The van der Waals surface area contributed by atoms with Crippen molar-refractivity contribution < 1.29 is 9.97 Å². The van der Waals surface area contributed by atoms with Gasteiger partial charge >= 0.3 is 0 Å². The first-order chi connectivity index (χ1) is 21.2. The van der Waals surface area contributed by atoms with Crippen molar-refractivity contribution in [2.24, 2.45) is 0 Å². The standard InChI is InChI=1S/C40H44N2Si2/c1-43(2,29-37-16-12-33(13-17-37)8-10-35-20-24-41-25-21-35)31-39-6-5-7-40(28-39)32-44(3,4)30-38-18-14-34(15-19-38)9-11-36-22-26-42-27-23-36/h5-28H,29-32H2,1-4H3/p+2/b10-8-,11-9-. The normalized spacial score (nSPS) is 12.3. The number of hydrogen-bond donors (Lipinski definition) is 0. The Morgan fingerprint density at radius 2 is 0.727 bits per heavy atom. The molecule has 2 aromatic heterocycles. The van der Waals surface area contributed by atoms with E-state index in [2.05, 4.69) is 158 Å². The van der Waals surface area contributed by atoms with Crippen LogP contribution in [0.15, 0.2) is 122 Å². The molecule has 0 bridgehead atoms. The van der Waals surface area contributed by atoms with Crippen molar-refractivity contribution in [1.82, 2.24) is 0 Å². The van der Waals surface area contributed by atoms with Gasteiger partial charge in [-0.25, -0.2) is 9.97 Å². The summed E-state index contributed by atoms with van der Waals surface area (Å²) in [7, 11) is -2.93. The summed E-state index contributed by atoms with van der Waals surface area (Å²) in [5, 5.41) is 0. The lowest BCUT2D eigenvalue weighted by Gasteiger charge is -2.25. The molecule has 0 atom stereocenters. The first-order valence-electron chi connectivity index (χ1n) is 15.8. The fourth-order valence-corrected chi connectivity index (χ4v) is 11.7. The Labute approximate surface area is 266 Å². The number of hydrogen-bond acceptors (Lipinski definition) is 0. The van der Waals surface area contributed by atoms with Gasteiger partial charge in [-0.3, -0.25) is 0 Å². The van der Waals surface area contributed by atoms with Crippen LogP contribution in [0.5, 0.6) is 0 Å². The average Bonchev–Trinajstić information content (AvgIpc) is 3.01. The molecule has 44 heavy (non-hydrogen) atoms. The number of pyridine rings is 2. The largest absolute Gasteiger partial charge is 0.218 e. The van der Waals surface area contributed by atoms with Crippen molar-refractivity contribution in [3.05, 3.63) is 166 Å². The maximum atomic E-state index is 3.08. The lowest BCUT2D eigenvalue weighted by atomic mass is 10.1. The lowest BCUT2D eigenvalue weighted by molar-refractivity contribution is -0.378. The van der Waals surface area contributed by atoms with Crippen LogP contribution in [0.3, 0.4) is 0 Å². The zero-order valence-electron chi connectivity index (χ0n) is 26.7. The molecule has 222 valence electrons. The highest BCUT2D eigenvalue weighted by Gasteiger charge is 2.24. The van der Waals surface area contributed by atoms with Gasteiger partial charge < -0.3 is 0 Å². The first-order valence-corrected chi connectivity index (χ1v) is 22.6. The molecule has 2 nitrogen and oxygen atoms in total. The van der Waals surface area contributed by atoms with Crippen LogP contribution in [-0.2, 0) is 24.2 Å². The van der Waals surface area contributed by atoms with Gasteiger partial charge in [-0.2, -0.15) is 0 Å². The van der Waals surface area contributed by atoms with Crippen LogP contribution in [0.25, 0.3) is 24.3 Å². The van der Waals surface area contributed by atoms with E-state index < -0.39 is 16.1 Å². The van der Waals surface area contributed by atoms with E-state index >= 15 is 0 Å². The summed E-state index contributed by atoms with van der Waals surface area (Å²) in [4.78, 5) is 6.15. The third kappa shape index (κ3) is 9.97. The third-order valence-electron chi connectivity index (χ3n) is 8.11. The molecular formula is C40H46N2Si2+2. The van der Waals surface area contributed by atoms with Crippen LogP contribution in [-0.4, -0.2) is 16.1 Å². The third-order valence-corrected chi connectivity index (χ3v) is 13.6. The van der Waals surface area contributed by atoms with Gasteiger partial charge in [-0.1, -0.05) is 146 Å². The summed E-state index contributed by atoms with van der Waals surface area (Å²) in [6.45, 7) is 10.2. The van der Waals surface area contributed by atoms with E-state index in [4.69, 9.17) is 0 Å². The molecule has 2 heterocycles. The van der Waals surface area contributed by atoms with Crippen molar-refractivity contribution >= 4 is 40.5 Å². The summed E-state index contributed by atoms with van der Waals surface area (Å²) < 4.78 is 0. The quantitative estimate of drug-likeness (QED) is 0.126. The Balaban J connectivity index is 1.15. The molecule has 0 aliphatic rings. The number of aromatic amines is 2. The molecule has 0 unspecified atom stereocenters. The summed E-state index contributed by atoms with van der Waals surface area (Å²) in [5.41, 5.74) is 10.8. The Hall–Kier alpha value is -4.13. The van der Waals surface area contributed by atoms with Crippen LogP contribution in [0, 0.1) is 0 Å². The van der Waals surface area contributed by atoms with Crippen LogP contribution in [0.4, 0.5) is 0 Å². The number of aromatic nitrogens is 2. The Bertz CT molecular complexity index is 1550. The summed E-state index contributed by atoms with van der Waals surface area (Å²) in [6, 6.07) is 41.0. The Morgan fingerprint density at radius 3 is 1.09 bits per heavy atom. The molecule has 0 saturated heterocycles. The average molecular weight is 611 g/mol. The van der Waals surface area contributed by atoms with Crippen molar-refractivity contribution in [2.75, 3.05) is 0 Å². The van der Waals surface area contributed by atoms with E-state index in [1.807, 2.05) is 24.8 Å². The molecule has 0 spiro atoms. The second-order valence-electron chi connectivity index (χ2n) is 13.7. The Kier molecular flexibility index (Phi) is 10.4. The summed E-state index contributed by atoms with van der Waals surface area (Å²) in [5.74, 6) is 0. The van der Waals surface area contributed by atoms with E-state index in [9.17, 15) is 0 Å². The van der Waals surface area contributed by atoms with Gasteiger partial charge in [0.15, 0.2) is 24.8 Å². The second kappa shape index (κ2) is 14.6. The van der Waals surface area contributed by atoms with Crippen LogP contribution in [0.2, 0.25) is 26.2 Å². The number of H-pyrrole nitrogens is 2. The van der Waals surface area contributed by atoms with E-state index in [1.165, 1.54) is 68.7 Å². The van der Waals surface area contributed by atoms with E-state index in [-0.39, 0.29) is 0 Å². The molecule has 0 saturated carbocycles. The summed E-state index contributed by atoms with van der Waals surface area (Å²) >= 11 is 0. The van der Waals surface area contributed by atoms with Crippen LogP contribution >= 0.6 is 0 Å². The smallest absolute Gasteiger partial charge is 0.167 e. The van der Waals surface area contributed by atoms with Gasteiger partial charge in [0.1, 0.15) is 0 Å². The predicted octanol–water partition coefficient (Wildman–Crippen LogP) is 8.80. The molecule has 0 radical (unpaired) electrons. The minimum atomic E-state index is -1.47. The zero-order valence-corrected chi connectivity index (χ0v) is 28.7. The van der Waals surface area contributed by atoms with Gasteiger partial charge in [0, 0.05) is 24.3 Å². The fraction of sp³-hybridized carbons (Fsp3) is 0.200. The Morgan fingerprint density at radius 1 is 0.409 bits per heavy atom. The molecule has 0 aliphatic heterocycles. The highest BCUT2D eigenvalue weighted by Crippen LogP contribution is 2.23. The van der Waals surface area contributed by atoms with Gasteiger partial charge in [0.05, 0.1) is 16.1 Å². The van der Waals surface area contributed by atoms with Crippen molar-refractivity contribution in [2.45, 2.75) is 50.4 Å². The molecular weight excluding hydrogens is 565 g/mol. The molecule has 0 fully saturated rings. The molecule has 5 rings (SSSR count). The van der Waals surface area contributed by atoms with Gasteiger partial charge in [0.25, 0.3) is 0 Å².